The van der Waals surface area contributed by atoms with Gasteiger partial charge < -0.3 is 19.3 Å². The molecule has 0 radical (unpaired) electrons. The highest BCUT2D eigenvalue weighted by molar-refractivity contribution is 5.95. The molecule has 0 saturated carbocycles. The van der Waals surface area contributed by atoms with E-state index in [1.54, 1.807) is 4.90 Å². The molecule has 0 aliphatic carbocycles. The summed E-state index contributed by atoms with van der Waals surface area (Å²) in [7, 11) is 0. The number of nitrogens with one attached hydrogen (secondary N) is 1. The molecule has 0 spiro atoms. The molecule has 5 rings (SSSR count). The molecular formula is C26H29N5O4. The second-order valence-corrected chi connectivity index (χ2v) is 8.73. The maximum Gasteiger partial charge on any atom is 0.261 e. The molecule has 9 heteroatoms. The number of aromatic nitrogens is 3. The van der Waals surface area contributed by atoms with Crippen LogP contribution in [0.2, 0.25) is 0 Å². The fourth-order valence-electron chi connectivity index (χ4n) is 4.55. The molecule has 2 fully saturated rings. The van der Waals surface area contributed by atoms with Crippen molar-refractivity contribution in [3.63, 3.8) is 0 Å². The Morgan fingerprint density at radius 2 is 1.86 bits per heavy atom. The number of aromatic amines is 1. The lowest BCUT2D eigenvalue weighted by Gasteiger charge is -2.34. The summed E-state index contributed by atoms with van der Waals surface area (Å²) in [5.41, 5.74) is 1.36. The van der Waals surface area contributed by atoms with Crippen LogP contribution in [-0.2, 0) is 9.53 Å². The van der Waals surface area contributed by atoms with Crippen LogP contribution in [0.1, 0.15) is 41.5 Å². The Morgan fingerprint density at radius 1 is 1.03 bits per heavy atom. The molecule has 0 bridgehead atoms. The van der Waals surface area contributed by atoms with Crippen LogP contribution in [0, 0.1) is 0 Å². The third-order valence-corrected chi connectivity index (χ3v) is 6.41. The lowest BCUT2D eigenvalue weighted by atomic mass is 10.0. The minimum absolute atomic E-state index is 0.0200. The lowest BCUT2D eigenvalue weighted by Crippen LogP contribution is -2.41. The zero-order chi connectivity index (χ0) is 24.0. The van der Waals surface area contributed by atoms with Crippen LogP contribution in [0.4, 0.5) is 0 Å². The SMILES string of the molecule is O=C(c1cccc(-c2n[nH]c([C@H]3CCCCN3C(=O)COc3ccccc3)n2)c1)N1CCOCC1. The number of carbonyl (C=O) groups is 2. The molecule has 1 atom stereocenters. The third-order valence-electron chi connectivity index (χ3n) is 6.41. The first-order valence-corrected chi connectivity index (χ1v) is 12.1. The Balaban J connectivity index is 1.29. The topological polar surface area (TPSA) is 101 Å². The van der Waals surface area contributed by atoms with Crippen molar-refractivity contribution in [2.24, 2.45) is 0 Å². The molecule has 2 saturated heterocycles. The highest BCUT2D eigenvalue weighted by Gasteiger charge is 2.31. The maximum atomic E-state index is 13.0. The largest absolute Gasteiger partial charge is 0.484 e. The monoisotopic (exact) mass is 475 g/mol. The highest BCUT2D eigenvalue weighted by atomic mass is 16.5. The van der Waals surface area contributed by atoms with Gasteiger partial charge in [-0.25, -0.2) is 4.98 Å². The minimum atomic E-state index is -0.185. The van der Waals surface area contributed by atoms with Crippen LogP contribution >= 0.6 is 0 Å². The maximum absolute atomic E-state index is 13.0. The third kappa shape index (κ3) is 5.35. The van der Waals surface area contributed by atoms with Gasteiger partial charge in [0.25, 0.3) is 11.8 Å². The summed E-state index contributed by atoms with van der Waals surface area (Å²) in [6.45, 7) is 2.93. The molecule has 2 aliphatic heterocycles. The molecule has 35 heavy (non-hydrogen) atoms. The number of benzene rings is 2. The average molecular weight is 476 g/mol. The number of likely N-dealkylation sites (tertiary alicyclic amines) is 1. The van der Waals surface area contributed by atoms with Gasteiger partial charge in [-0.2, -0.15) is 5.10 Å². The summed E-state index contributed by atoms with van der Waals surface area (Å²) in [4.78, 5) is 34.2. The number of piperidine rings is 1. The van der Waals surface area contributed by atoms with Gasteiger partial charge in [0.15, 0.2) is 12.4 Å². The van der Waals surface area contributed by atoms with Gasteiger partial charge in [-0.15, -0.1) is 0 Å². The number of para-hydroxylation sites is 1. The van der Waals surface area contributed by atoms with Crippen molar-refractivity contribution in [2.45, 2.75) is 25.3 Å². The molecular weight excluding hydrogens is 446 g/mol. The Kier molecular flexibility index (Phi) is 7.04. The van der Waals surface area contributed by atoms with Gasteiger partial charge in [-0.05, 0) is 43.5 Å². The van der Waals surface area contributed by atoms with Crippen molar-refractivity contribution in [3.8, 4) is 17.1 Å². The summed E-state index contributed by atoms with van der Waals surface area (Å²) >= 11 is 0. The van der Waals surface area contributed by atoms with Crippen molar-refractivity contribution in [3.05, 3.63) is 66.0 Å². The van der Waals surface area contributed by atoms with Crippen molar-refractivity contribution >= 4 is 11.8 Å². The average Bonchev–Trinajstić information content (AvgIpc) is 3.43. The molecule has 3 heterocycles. The Hall–Kier alpha value is -3.72. The predicted octanol–water partition coefficient (Wildman–Crippen LogP) is 3.08. The Bertz CT molecular complexity index is 1160. The molecule has 2 aromatic carbocycles. The summed E-state index contributed by atoms with van der Waals surface area (Å²) in [5.74, 6) is 1.73. The zero-order valence-electron chi connectivity index (χ0n) is 19.6. The van der Waals surface area contributed by atoms with E-state index in [2.05, 4.69) is 10.2 Å². The van der Waals surface area contributed by atoms with Crippen LogP contribution in [0.5, 0.6) is 5.75 Å². The van der Waals surface area contributed by atoms with E-state index in [0.717, 1.165) is 24.8 Å². The van der Waals surface area contributed by atoms with Gasteiger partial charge in [0, 0.05) is 30.8 Å². The second-order valence-electron chi connectivity index (χ2n) is 8.73. The van der Waals surface area contributed by atoms with Crippen molar-refractivity contribution < 1.29 is 19.1 Å². The number of nitrogens with zero attached hydrogens (tertiary/aromatic N) is 4. The molecule has 1 aromatic heterocycles. The number of morpholine rings is 1. The number of carbonyl (C=O) groups excluding carboxylic acids is 2. The van der Waals surface area contributed by atoms with E-state index >= 15 is 0 Å². The highest BCUT2D eigenvalue weighted by Crippen LogP contribution is 2.30. The van der Waals surface area contributed by atoms with Crippen LogP contribution in [-0.4, -0.2) is 76.3 Å². The quantitative estimate of drug-likeness (QED) is 0.588. The fraction of sp³-hybridized carbons (Fsp3) is 0.385. The first-order valence-electron chi connectivity index (χ1n) is 12.1. The van der Waals surface area contributed by atoms with Gasteiger partial charge in [-0.1, -0.05) is 30.3 Å². The summed E-state index contributed by atoms with van der Waals surface area (Å²) in [6, 6.07) is 16.5. The lowest BCUT2D eigenvalue weighted by molar-refractivity contribution is -0.137. The van der Waals surface area contributed by atoms with Crippen LogP contribution in [0.3, 0.4) is 0 Å². The predicted molar refractivity (Wildman–Crippen MR) is 129 cm³/mol. The number of ether oxygens (including phenoxy) is 2. The van der Waals surface area contributed by atoms with Crippen molar-refractivity contribution in [1.82, 2.24) is 25.0 Å². The molecule has 1 N–H and O–H groups in total. The normalized spacial score (nSPS) is 18.3. The van der Waals surface area contributed by atoms with Crippen molar-refractivity contribution in [1.29, 1.82) is 0 Å². The van der Waals surface area contributed by atoms with Gasteiger partial charge >= 0.3 is 0 Å². The summed E-state index contributed by atoms with van der Waals surface area (Å²) in [5, 5.41) is 7.45. The van der Waals surface area contributed by atoms with E-state index in [1.807, 2.05) is 59.5 Å². The minimum Gasteiger partial charge on any atom is -0.484 e. The molecule has 3 aromatic rings. The number of amides is 2. The van der Waals surface area contributed by atoms with E-state index < -0.39 is 0 Å². The van der Waals surface area contributed by atoms with E-state index in [0.29, 0.717) is 55.8 Å². The van der Waals surface area contributed by atoms with E-state index in [-0.39, 0.29) is 24.5 Å². The molecule has 0 unspecified atom stereocenters. The molecule has 9 nitrogen and oxygen atoms in total. The summed E-state index contributed by atoms with van der Waals surface area (Å²) < 4.78 is 11.0. The van der Waals surface area contributed by atoms with Crippen molar-refractivity contribution in [2.75, 3.05) is 39.5 Å². The molecule has 182 valence electrons. The smallest absolute Gasteiger partial charge is 0.261 e. The van der Waals surface area contributed by atoms with Crippen LogP contribution in [0.15, 0.2) is 54.6 Å². The van der Waals surface area contributed by atoms with Gasteiger partial charge in [0.05, 0.1) is 19.3 Å². The van der Waals surface area contributed by atoms with E-state index in [1.165, 1.54) is 0 Å². The Labute approximate surface area is 204 Å². The number of rotatable bonds is 6. The van der Waals surface area contributed by atoms with E-state index in [4.69, 9.17) is 14.5 Å². The second kappa shape index (κ2) is 10.7. The molecule has 2 amide bonds. The van der Waals surface area contributed by atoms with Gasteiger partial charge in [-0.3, -0.25) is 14.7 Å². The first kappa shape index (κ1) is 23.0. The summed E-state index contributed by atoms with van der Waals surface area (Å²) in [6.07, 6.45) is 2.76. The van der Waals surface area contributed by atoms with Crippen LogP contribution < -0.4 is 4.74 Å². The Morgan fingerprint density at radius 3 is 2.69 bits per heavy atom. The first-order chi connectivity index (χ1) is 17.2. The molecule has 2 aliphatic rings. The number of hydrogen-bond donors (Lipinski definition) is 1. The van der Waals surface area contributed by atoms with Gasteiger partial charge in [0.2, 0.25) is 0 Å². The van der Waals surface area contributed by atoms with Crippen LogP contribution in [0.25, 0.3) is 11.4 Å². The zero-order valence-corrected chi connectivity index (χ0v) is 19.6. The fourth-order valence-corrected chi connectivity index (χ4v) is 4.55. The van der Waals surface area contributed by atoms with Gasteiger partial charge in [0.1, 0.15) is 11.6 Å². The number of H-pyrrole nitrogens is 1. The standard InChI is InChI=1S/C26H29N5O4/c32-23(18-35-21-9-2-1-3-10-21)31-12-5-4-11-22(31)25-27-24(28-29-25)19-7-6-8-20(17-19)26(33)30-13-15-34-16-14-30/h1-3,6-10,17,22H,4-5,11-16,18H2,(H,27,28,29)/t22-/m1/s1. The van der Waals surface area contributed by atoms with E-state index in [9.17, 15) is 9.59 Å². The number of hydrogen-bond acceptors (Lipinski definition) is 6.